The number of halogens is 1. The van der Waals surface area contributed by atoms with Gasteiger partial charge in [0.15, 0.2) is 12.1 Å². The van der Waals surface area contributed by atoms with Crippen LogP contribution in [0.4, 0.5) is 4.39 Å². The quantitative estimate of drug-likeness (QED) is 0.873. The van der Waals surface area contributed by atoms with Crippen LogP contribution in [0.2, 0.25) is 0 Å². The molecule has 5 nitrogen and oxygen atoms in total. The molecule has 0 saturated carbocycles. The molecule has 2 heterocycles. The van der Waals surface area contributed by atoms with Crippen LogP contribution in [0.5, 0.6) is 5.75 Å². The van der Waals surface area contributed by atoms with Gasteiger partial charge in [0, 0.05) is 5.56 Å². The maximum absolute atomic E-state index is 13.5. The molecule has 1 saturated heterocycles. The number of nitrogens with zero attached hydrogens (tertiary/aromatic N) is 2. The van der Waals surface area contributed by atoms with Gasteiger partial charge in [0.1, 0.15) is 23.9 Å². The van der Waals surface area contributed by atoms with Crippen LogP contribution in [0.1, 0.15) is 36.8 Å². The van der Waals surface area contributed by atoms with Crippen molar-refractivity contribution in [2.45, 2.75) is 32.3 Å². The van der Waals surface area contributed by atoms with Crippen molar-refractivity contribution in [3.63, 3.8) is 0 Å². The summed E-state index contributed by atoms with van der Waals surface area (Å²) in [5.41, 5.74) is 0.886. The normalized spacial score (nSPS) is 15.4. The van der Waals surface area contributed by atoms with E-state index in [1.165, 1.54) is 24.8 Å². The molecule has 1 aliphatic rings. The molecule has 23 heavy (non-hydrogen) atoms. The highest BCUT2D eigenvalue weighted by Gasteiger charge is 2.34. The van der Waals surface area contributed by atoms with Gasteiger partial charge >= 0.3 is 0 Å². The topological polar surface area (TPSA) is 55.6 Å². The second kappa shape index (κ2) is 5.68. The lowest BCUT2D eigenvalue weighted by molar-refractivity contribution is 0.0166. The van der Waals surface area contributed by atoms with Crippen molar-refractivity contribution in [3.05, 3.63) is 47.9 Å². The zero-order valence-electron chi connectivity index (χ0n) is 13.4. The number of ether oxygens (including phenoxy) is 1. The van der Waals surface area contributed by atoms with Gasteiger partial charge in [0.05, 0.1) is 13.1 Å². The molecular weight excluding hydrogens is 299 g/mol. The van der Waals surface area contributed by atoms with Gasteiger partial charge in [-0.2, -0.15) is 0 Å². The number of carbonyl (C=O) groups excluding carboxylic acids is 1. The first-order chi connectivity index (χ1) is 10.8. The van der Waals surface area contributed by atoms with Crippen LogP contribution >= 0.6 is 0 Å². The van der Waals surface area contributed by atoms with Crippen LogP contribution in [0, 0.1) is 5.82 Å². The highest BCUT2D eigenvalue weighted by molar-refractivity contribution is 5.92. The second-order valence-corrected chi connectivity index (χ2v) is 6.71. The number of benzene rings is 1. The molecule has 0 spiro atoms. The van der Waals surface area contributed by atoms with E-state index in [0.29, 0.717) is 24.5 Å². The maximum Gasteiger partial charge on any atom is 0.276 e. The Labute approximate surface area is 134 Å². The lowest BCUT2D eigenvalue weighted by atomic mass is 9.86. The number of likely N-dealkylation sites (tertiary alicyclic amines) is 1. The summed E-state index contributed by atoms with van der Waals surface area (Å²) in [6.07, 6.45) is 2.46. The van der Waals surface area contributed by atoms with E-state index in [-0.39, 0.29) is 23.2 Å². The Kier molecular flexibility index (Phi) is 3.83. The van der Waals surface area contributed by atoms with Crippen molar-refractivity contribution < 1.29 is 18.3 Å². The Morgan fingerprint density at radius 2 is 2.13 bits per heavy atom. The van der Waals surface area contributed by atoms with E-state index >= 15 is 0 Å². The van der Waals surface area contributed by atoms with Crippen molar-refractivity contribution in [3.8, 4) is 5.75 Å². The van der Waals surface area contributed by atoms with E-state index in [1.807, 2.05) is 20.8 Å². The molecule has 1 aromatic carbocycles. The first-order valence-corrected chi connectivity index (χ1v) is 7.49. The summed E-state index contributed by atoms with van der Waals surface area (Å²) >= 11 is 0. The summed E-state index contributed by atoms with van der Waals surface area (Å²) in [4.78, 5) is 17.5. The minimum Gasteiger partial charge on any atom is -0.486 e. The van der Waals surface area contributed by atoms with Crippen molar-refractivity contribution >= 4 is 5.91 Å². The van der Waals surface area contributed by atoms with E-state index < -0.39 is 0 Å². The van der Waals surface area contributed by atoms with Crippen molar-refractivity contribution in [1.82, 2.24) is 9.88 Å². The molecule has 1 fully saturated rings. The summed E-state index contributed by atoms with van der Waals surface area (Å²) in [7, 11) is 0. The lowest BCUT2D eigenvalue weighted by Crippen LogP contribution is -2.56. The zero-order valence-corrected chi connectivity index (χ0v) is 13.4. The summed E-state index contributed by atoms with van der Waals surface area (Å²) in [5, 5.41) is 0. The Morgan fingerprint density at radius 1 is 1.39 bits per heavy atom. The van der Waals surface area contributed by atoms with Crippen LogP contribution in [0.15, 0.2) is 35.3 Å². The van der Waals surface area contributed by atoms with E-state index in [9.17, 15) is 9.18 Å². The largest absolute Gasteiger partial charge is 0.486 e. The second-order valence-electron chi connectivity index (χ2n) is 6.71. The van der Waals surface area contributed by atoms with E-state index in [1.54, 1.807) is 11.0 Å². The molecule has 0 radical (unpaired) electrons. The van der Waals surface area contributed by atoms with Crippen LogP contribution in [-0.4, -0.2) is 35.0 Å². The summed E-state index contributed by atoms with van der Waals surface area (Å²) in [6, 6.07) is 4.55. The standard InChI is InChI=1S/C17H19FN2O3/c1-17(2,3)13-6-11(18)4-5-15(13)23-12-7-20(8-12)16(21)14-9-22-10-19-14/h4-6,9-10,12H,7-8H2,1-3H3. The monoisotopic (exact) mass is 318 g/mol. The molecule has 1 aromatic heterocycles. The summed E-state index contributed by atoms with van der Waals surface area (Å²) < 4.78 is 24.3. The van der Waals surface area contributed by atoms with E-state index in [0.717, 1.165) is 5.56 Å². The predicted molar refractivity (Wildman–Crippen MR) is 81.9 cm³/mol. The van der Waals surface area contributed by atoms with Crippen LogP contribution in [-0.2, 0) is 5.41 Å². The van der Waals surface area contributed by atoms with E-state index in [4.69, 9.17) is 9.15 Å². The third-order valence-corrected chi connectivity index (χ3v) is 3.83. The van der Waals surface area contributed by atoms with Gasteiger partial charge in [0.25, 0.3) is 5.91 Å². The van der Waals surface area contributed by atoms with Gasteiger partial charge in [-0.1, -0.05) is 20.8 Å². The van der Waals surface area contributed by atoms with Crippen molar-refractivity contribution in [1.29, 1.82) is 0 Å². The Morgan fingerprint density at radius 3 is 2.74 bits per heavy atom. The predicted octanol–water partition coefficient (Wildman–Crippen LogP) is 3.01. The van der Waals surface area contributed by atoms with Gasteiger partial charge < -0.3 is 14.1 Å². The van der Waals surface area contributed by atoms with Gasteiger partial charge in [-0.3, -0.25) is 4.79 Å². The molecular formula is C17H19FN2O3. The number of hydrogen-bond acceptors (Lipinski definition) is 4. The molecule has 0 N–H and O–H groups in total. The smallest absolute Gasteiger partial charge is 0.276 e. The molecule has 0 bridgehead atoms. The Balaban J connectivity index is 1.65. The number of hydrogen-bond donors (Lipinski definition) is 0. The van der Waals surface area contributed by atoms with Crippen molar-refractivity contribution in [2.24, 2.45) is 0 Å². The van der Waals surface area contributed by atoms with Gasteiger partial charge in [-0.15, -0.1) is 0 Å². The number of amides is 1. The average molecular weight is 318 g/mol. The highest BCUT2D eigenvalue weighted by Crippen LogP contribution is 2.33. The minimum absolute atomic E-state index is 0.0996. The number of carbonyl (C=O) groups is 1. The van der Waals surface area contributed by atoms with Crippen LogP contribution in [0.25, 0.3) is 0 Å². The van der Waals surface area contributed by atoms with Gasteiger partial charge in [-0.25, -0.2) is 9.37 Å². The number of oxazole rings is 1. The average Bonchev–Trinajstić information content (AvgIpc) is 2.96. The van der Waals surface area contributed by atoms with Gasteiger partial charge in [-0.05, 0) is 23.6 Å². The molecule has 2 aromatic rings. The molecule has 3 rings (SSSR count). The third-order valence-electron chi connectivity index (χ3n) is 3.83. The lowest BCUT2D eigenvalue weighted by Gasteiger charge is -2.39. The number of rotatable bonds is 3. The minimum atomic E-state index is -0.279. The zero-order chi connectivity index (χ0) is 16.6. The molecule has 1 aliphatic heterocycles. The Bertz CT molecular complexity index is 701. The fraction of sp³-hybridized carbons (Fsp3) is 0.412. The number of aromatic nitrogens is 1. The SMILES string of the molecule is CC(C)(C)c1cc(F)ccc1OC1CN(C(=O)c2cocn2)C1. The van der Waals surface area contributed by atoms with Crippen molar-refractivity contribution in [2.75, 3.05) is 13.1 Å². The van der Waals surface area contributed by atoms with E-state index in [2.05, 4.69) is 4.98 Å². The fourth-order valence-corrected chi connectivity index (χ4v) is 2.53. The third kappa shape index (κ3) is 3.21. The Hall–Kier alpha value is -2.37. The molecule has 0 aliphatic carbocycles. The molecule has 6 heteroatoms. The van der Waals surface area contributed by atoms with Gasteiger partial charge in [0.2, 0.25) is 0 Å². The first kappa shape index (κ1) is 15.5. The molecule has 122 valence electrons. The molecule has 0 atom stereocenters. The highest BCUT2D eigenvalue weighted by atomic mass is 19.1. The molecule has 0 unspecified atom stereocenters. The fourth-order valence-electron chi connectivity index (χ4n) is 2.53. The molecule has 1 amide bonds. The summed E-state index contributed by atoms with van der Waals surface area (Å²) in [6.45, 7) is 6.99. The summed E-state index contributed by atoms with van der Waals surface area (Å²) in [5.74, 6) is 0.213. The maximum atomic E-state index is 13.5. The first-order valence-electron chi connectivity index (χ1n) is 7.49. The van der Waals surface area contributed by atoms with Crippen LogP contribution < -0.4 is 4.74 Å². The van der Waals surface area contributed by atoms with Crippen LogP contribution in [0.3, 0.4) is 0 Å².